The van der Waals surface area contributed by atoms with E-state index in [1.165, 1.54) is 23.9 Å². The summed E-state index contributed by atoms with van der Waals surface area (Å²) >= 11 is 1.53. The smallest absolute Gasteiger partial charge is 0.394 e. The number of nitrogens with zero attached hydrogens (tertiary/aromatic N) is 2. The lowest BCUT2D eigenvalue weighted by atomic mass is 9.86. The molecule has 2 aromatic rings. The molecule has 186 valence electrons. The molecule has 1 N–H and O–H groups in total. The Labute approximate surface area is 204 Å². The third-order valence-electron chi connectivity index (χ3n) is 6.78. The number of ether oxygens (including phenoxy) is 1. The zero-order valence-electron chi connectivity index (χ0n) is 19.6. The summed E-state index contributed by atoms with van der Waals surface area (Å²) in [5.41, 5.74) is 0.862. The summed E-state index contributed by atoms with van der Waals surface area (Å²) in [7, 11) is 0. The number of anilines is 2. The first-order valence-electron chi connectivity index (χ1n) is 12.1. The first-order valence-corrected chi connectivity index (χ1v) is 12.9. The number of benzene rings is 2. The summed E-state index contributed by atoms with van der Waals surface area (Å²) in [6.07, 6.45) is 0.439. The van der Waals surface area contributed by atoms with Crippen LogP contribution < -0.4 is 4.90 Å². The lowest BCUT2D eigenvalue weighted by Gasteiger charge is -2.42. The van der Waals surface area contributed by atoms with Crippen LogP contribution in [0.25, 0.3) is 0 Å². The molecule has 0 unspecified atom stereocenters. The molecule has 2 aromatic carbocycles. The summed E-state index contributed by atoms with van der Waals surface area (Å²) in [5, 5.41) is 9.17. The van der Waals surface area contributed by atoms with Crippen LogP contribution in [0.4, 0.5) is 24.5 Å². The van der Waals surface area contributed by atoms with Gasteiger partial charge in [0.1, 0.15) is 0 Å². The fourth-order valence-corrected chi connectivity index (χ4v) is 6.14. The molecule has 0 bridgehead atoms. The molecule has 2 aliphatic heterocycles. The third-order valence-corrected chi connectivity index (χ3v) is 7.91. The van der Waals surface area contributed by atoms with Crippen molar-refractivity contribution in [2.75, 3.05) is 44.3 Å². The van der Waals surface area contributed by atoms with E-state index in [1.54, 1.807) is 6.07 Å². The van der Waals surface area contributed by atoms with Crippen LogP contribution in [0.3, 0.4) is 0 Å². The minimum atomic E-state index is -4.36. The van der Waals surface area contributed by atoms with Crippen LogP contribution in [0.5, 0.6) is 0 Å². The fraction of sp³-hybridized carbons (Fsp3) is 0.538. The van der Waals surface area contributed by atoms with E-state index in [0.29, 0.717) is 18.8 Å². The predicted octanol–water partition coefficient (Wildman–Crippen LogP) is 6.34. The van der Waals surface area contributed by atoms with Crippen LogP contribution >= 0.6 is 11.8 Å². The van der Waals surface area contributed by atoms with E-state index in [0.717, 1.165) is 67.2 Å². The van der Waals surface area contributed by atoms with Crippen molar-refractivity contribution < 1.29 is 23.0 Å². The molecule has 8 heteroatoms. The second-order valence-corrected chi connectivity index (χ2v) is 10.2. The highest BCUT2D eigenvalue weighted by molar-refractivity contribution is 7.99. The van der Waals surface area contributed by atoms with Crippen LogP contribution in [-0.2, 0) is 10.9 Å². The standard InChI is InChI=1S/C26H33F3N2O2S/c1-2-10-25(33-18-17-32)11-15-30(16-12-25)13-5-14-31-21-6-3-4-7-23(21)34-24-9-8-20(19-22(24)31)26(27,28)29/h3-4,6-9,19,32H,2,5,10-18H2,1H3. The number of aliphatic hydroxyl groups is 1. The zero-order chi connectivity index (χ0) is 24.2. The summed E-state index contributed by atoms with van der Waals surface area (Å²) < 4.78 is 46.3. The van der Waals surface area contributed by atoms with E-state index in [1.807, 2.05) is 29.2 Å². The van der Waals surface area contributed by atoms with Gasteiger partial charge in [-0.15, -0.1) is 0 Å². The van der Waals surface area contributed by atoms with Gasteiger partial charge in [-0.1, -0.05) is 37.2 Å². The Morgan fingerprint density at radius 3 is 2.47 bits per heavy atom. The Bertz CT molecular complexity index is 961. The Kier molecular flexibility index (Phi) is 8.12. The summed E-state index contributed by atoms with van der Waals surface area (Å²) in [6, 6.07) is 12.0. The highest BCUT2D eigenvalue weighted by atomic mass is 32.2. The van der Waals surface area contributed by atoms with Crippen LogP contribution in [0.2, 0.25) is 0 Å². The molecule has 0 aromatic heterocycles. The number of para-hydroxylation sites is 1. The quantitative estimate of drug-likeness (QED) is 0.440. The Balaban J connectivity index is 1.42. The molecule has 4 nitrogen and oxygen atoms in total. The molecule has 1 fully saturated rings. The van der Waals surface area contributed by atoms with Gasteiger partial charge in [0.05, 0.1) is 35.8 Å². The second-order valence-electron chi connectivity index (χ2n) is 9.10. The van der Waals surface area contributed by atoms with Gasteiger partial charge >= 0.3 is 6.18 Å². The SMILES string of the molecule is CCCC1(OCCO)CCN(CCCN2c3ccccc3Sc3ccc(C(F)(F)F)cc32)CC1. The van der Waals surface area contributed by atoms with Crippen LogP contribution in [-0.4, -0.2) is 55.0 Å². The number of alkyl halides is 3. The van der Waals surface area contributed by atoms with Gasteiger partial charge in [-0.25, -0.2) is 0 Å². The van der Waals surface area contributed by atoms with E-state index < -0.39 is 11.7 Å². The van der Waals surface area contributed by atoms with Crippen molar-refractivity contribution in [3.63, 3.8) is 0 Å². The third kappa shape index (κ3) is 5.73. The van der Waals surface area contributed by atoms with Crippen molar-refractivity contribution in [1.29, 1.82) is 0 Å². The molecule has 4 rings (SSSR count). The van der Waals surface area contributed by atoms with Crippen molar-refractivity contribution in [3.8, 4) is 0 Å². The minimum Gasteiger partial charge on any atom is -0.394 e. The Morgan fingerprint density at radius 1 is 1.03 bits per heavy atom. The maximum atomic E-state index is 13.4. The molecule has 0 saturated carbocycles. The maximum Gasteiger partial charge on any atom is 0.416 e. The highest BCUT2D eigenvalue weighted by Gasteiger charge is 2.35. The number of aliphatic hydroxyl groups excluding tert-OH is 1. The Hall–Kier alpha value is -1.74. The molecule has 2 aliphatic rings. The van der Waals surface area contributed by atoms with Gasteiger partial charge in [-0.3, -0.25) is 0 Å². The van der Waals surface area contributed by atoms with Crippen molar-refractivity contribution in [3.05, 3.63) is 48.0 Å². The molecular formula is C26H33F3N2O2S. The first kappa shape index (κ1) is 25.4. The van der Waals surface area contributed by atoms with E-state index in [2.05, 4.69) is 11.8 Å². The van der Waals surface area contributed by atoms with Gasteiger partial charge < -0.3 is 19.6 Å². The van der Waals surface area contributed by atoms with Crippen LogP contribution in [0.1, 0.15) is 44.6 Å². The van der Waals surface area contributed by atoms with E-state index in [4.69, 9.17) is 9.84 Å². The van der Waals surface area contributed by atoms with E-state index in [9.17, 15) is 13.2 Å². The minimum absolute atomic E-state index is 0.0439. The second kappa shape index (κ2) is 10.9. The van der Waals surface area contributed by atoms with E-state index >= 15 is 0 Å². The number of fused-ring (bicyclic) bond motifs is 2. The van der Waals surface area contributed by atoms with Gasteiger partial charge in [-0.05, 0) is 62.6 Å². The van der Waals surface area contributed by atoms with E-state index in [-0.39, 0.29) is 12.2 Å². The highest BCUT2D eigenvalue weighted by Crippen LogP contribution is 2.49. The summed E-state index contributed by atoms with van der Waals surface area (Å²) in [5.74, 6) is 0. The zero-order valence-corrected chi connectivity index (χ0v) is 20.4. The molecule has 34 heavy (non-hydrogen) atoms. The largest absolute Gasteiger partial charge is 0.416 e. The Morgan fingerprint density at radius 2 is 1.76 bits per heavy atom. The van der Waals surface area contributed by atoms with Crippen LogP contribution in [0, 0.1) is 0 Å². The molecule has 0 spiro atoms. The lowest BCUT2D eigenvalue weighted by Crippen LogP contribution is -2.47. The molecular weight excluding hydrogens is 461 g/mol. The number of rotatable bonds is 9. The first-order chi connectivity index (χ1) is 16.3. The molecule has 0 radical (unpaired) electrons. The molecule has 1 saturated heterocycles. The molecule has 0 amide bonds. The average molecular weight is 495 g/mol. The average Bonchev–Trinajstić information content (AvgIpc) is 2.83. The topological polar surface area (TPSA) is 35.9 Å². The number of hydrogen-bond donors (Lipinski definition) is 1. The van der Waals surface area contributed by atoms with Gasteiger partial charge in [0.15, 0.2) is 0 Å². The number of halogens is 3. The molecule has 0 atom stereocenters. The number of piperidine rings is 1. The van der Waals surface area contributed by atoms with Crippen molar-refractivity contribution >= 4 is 23.1 Å². The van der Waals surface area contributed by atoms with Crippen molar-refractivity contribution in [1.82, 2.24) is 4.90 Å². The fourth-order valence-electron chi connectivity index (χ4n) is 5.07. The van der Waals surface area contributed by atoms with Crippen molar-refractivity contribution in [2.45, 2.75) is 60.6 Å². The number of likely N-dealkylation sites (tertiary alicyclic amines) is 1. The number of hydrogen-bond acceptors (Lipinski definition) is 5. The van der Waals surface area contributed by atoms with Crippen molar-refractivity contribution in [2.24, 2.45) is 0 Å². The lowest BCUT2D eigenvalue weighted by molar-refractivity contribution is -0.137. The summed E-state index contributed by atoms with van der Waals surface area (Å²) in [6.45, 7) is 6.01. The molecule has 0 aliphatic carbocycles. The van der Waals surface area contributed by atoms with Gasteiger partial charge in [0.25, 0.3) is 0 Å². The normalized spacial score (nSPS) is 18.0. The maximum absolute atomic E-state index is 13.4. The summed E-state index contributed by atoms with van der Waals surface area (Å²) in [4.78, 5) is 6.40. The van der Waals surface area contributed by atoms with Gasteiger partial charge in [0.2, 0.25) is 0 Å². The van der Waals surface area contributed by atoms with Crippen LogP contribution in [0.15, 0.2) is 52.3 Å². The van der Waals surface area contributed by atoms with Gasteiger partial charge in [0, 0.05) is 29.4 Å². The van der Waals surface area contributed by atoms with Gasteiger partial charge in [-0.2, -0.15) is 13.2 Å². The monoisotopic (exact) mass is 494 g/mol. The predicted molar refractivity (Wildman–Crippen MR) is 130 cm³/mol. The molecule has 2 heterocycles.